The van der Waals surface area contributed by atoms with Crippen LogP contribution in [-0.4, -0.2) is 42.6 Å². The van der Waals surface area contributed by atoms with Crippen molar-refractivity contribution in [2.24, 2.45) is 7.05 Å². The molecule has 1 aromatic heterocycles. The number of methoxy groups -OCH3 is 2. The number of hydrogen-bond acceptors (Lipinski definition) is 8. The van der Waals surface area contributed by atoms with Gasteiger partial charge in [-0.15, -0.1) is 0 Å². The fraction of sp³-hybridized carbons (Fsp3) is 0.394. The van der Waals surface area contributed by atoms with Gasteiger partial charge in [0, 0.05) is 43.0 Å². The molecule has 9 heteroatoms. The Morgan fingerprint density at radius 3 is 2.52 bits per heavy atom. The highest BCUT2D eigenvalue weighted by molar-refractivity contribution is 5.99. The molecular formula is C33H35NO8. The second-order valence-corrected chi connectivity index (χ2v) is 10.8. The molecule has 0 amide bonds. The Kier molecular flexibility index (Phi) is 8.47. The average molecular weight is 574 g/mol. The van der Waals surface area contributed by atoms with Crippen molar-refractivity contribution in [3.8, 4) is 17.2 Å². The standard InChI is InChI=1S/C33H35NO8/c1-19-9-8-12-22(35)11-7-5-6-10-21-16-27-30(31(40-4)29(21)33(38)41-19)24(18-28(36)42-27)25-15-20-13-14-23(39-3)17-26(20)34(2)32(25)37/h6,10,13-17,19,24H,5,7-9,11-12,18H2,1-4H3. The molecule has 2 atom stereocenters. The predicted molar refractivity (Wildman–Crippen MR) is 157 cm³/mol. The summed E-state index contributed by atoms with van der Waals surface area (Å²) in [5.74, 6) is -0.544. The van der Waals surface area contributed by atoms with Gasteiger partial charge in [-0.1, -0.05) is 12.2 Å². The number of aryl methyl sites for hydroxylation is 1. The van der Waals surface area contributed by atoms with E-state index >= 15 is 0 Å². The summed E-state index contributed by atoms with van der Waals surface area (Å²) in [5, 5.41) is 0.792. The van der Waals surface area contributed by atoms with Gasteiger partial charge in [-0.2, -0.15) is 0 Å². The lowest BCUT2D eigenvalue weighted by atomic mass is 9.83. The van der Waals surface area contributed by atoms with E-state index in [0.29, 0.717) is 66.5 Å². The number of ketones is 1. The van der Waals surface area contributed by atoms with Crippen LogP contribution in [0.1, 0.15) is 84.8 Å². The van der Waals surface area contributed by atoms with Crippen molar-refractivity contribution in [3.63, 3.8) is 0 Å². The fourth-order valence-electron chi connectivity index (χ4n) is 5.82. The maximum absolute atomic E-state index is 13.7. The van der Waals surface area contributed by atoms with Crippen LogP contribution < -0.4 is 19.8 Å². The zero-order valence-corrected chi connectivity index (χ0v) is 24.4. The number of nitrogens with zero attached hydrogens (tertiary/aromatic N) is 1. The summed E-state index contributed by atoms with van der Waals surface area (Å²) in [5.41, 5.74) is 1.91. The monoisotopic (exact) mass is 573 g/mol. The molecule has 0 spiro atoms. The molecule has 3 aromatic rings. The van der Waals surface area contributed by atoms with E-state index in [1.54, 1.807) is 45.4 Å². The van der Waals surface area contributed by atoms with Crippen molar-refractivity contribution in [3.05, 3.63) is 69.0 Å². The number of fused-ring (bicyclic) bond motifs is 3. The minimum absolute atomic E-state index is 0.103. The van der Waals surface area contributed by atoms with Gasteiger partial charge in [0.05, 0.1) is 32.3 Å². The zero-order chi connectivity index (χ0) is 30.0. The zero-order valence-electron chi connectivity index (χ0n) is 24.4. The highest BCUT2D eigenvalue weighted by Gasteiger charge is 2.37. The SMILES string of the molecule is COc1ccc2cc(C3CC(=O)Oc4cc5c(c(OC)c43)C(=O)OC(C)CCCC(=O)CCCC=C5)c(=O)n(C)c2c1. The molecule has 2 aliphatic rings. The number of rotatable bonds is 3. The van der Waals surface area contributed by atoms with Gasteiger partial charge in [0.25, 0.3) is 5.56 Å². The molecule has 3 heterocycles. The quantitative estimate of drug-likeness (QED) is 0.299. The minimum Gasteiger partial charge on any atom is -0.497 e. The van der Waals surface area contributed by atoms with E-state index in [0.717, 1.165) is 5.39 Å². The number of benzene rings is 2. The number of esters is 2. The van der Waals surface area contributed by atoms with E-state index in [2.05, 4.69) is 0 Å². The molecular weight excluding hydrogens is 538 g/mol. The van der Waals surface area contributed by atoms with Crippen LogP contribution >= 0.6 is 0 Å². The highest BCUT2D eigenvalue weighted by atomic mass is 16.5. The van der Waals surface area contributed by atoms with Crippen molar-refractivity contribution in [2.45, 2.75) is 63.9 Å². The summed E-state index contributed by atoms with van der Waals surface area (Å²) in [6.45, 7) is 1.80. The Balaban J connectivity index is 1.69. The molecule has 42 heavy (non-hydrogen) atoms. The molecule has 0 bridgehead atoms. The molecule has 0 fully saturated rings. The molecule has 0 N–H and O–H groups in total. The Hall–Kier alpha value is -4.40. The van der Waals surface area contributed by atoms with Crippen LogP contribution in [0, 0.1) is 0 Å². The van der Waals surface area contributed by atoms with Gasteiger partial charge in [-0.05, 0) is 67.8 Å². The first-order chi connectivity index (χ1) is 20.2. The van der Waals surface area contributed by atoms with Crippen molar-refractivity contribution >= 4 is 34.7 Å². The van der Waals surface area contributed by atoms with Crippen molar-refractivity contribution in [1.82, 2.24) is 4.57 Å². The molecule has 2 aliphatic heterocycles. The van der Waals surface area contributed by atoms with E-state index in [1.165, 1.54) is 11.7 Å². The molecule has 5 rings (SSSR count). The van der Waals surface area contributed by atoms with Crippen LogP contribution in [0.25, 0.3) is 17.0 Å². The number of aromatic nitrogens is 1. The highest BCUT2D eigenvalue weighted by Crippen LogP contribution is 2.47. The molecule has 9 nitrogen and oxygen atoms in total. The largest absolute Gasteiger partial charge is 0.497 e. The summed E-state index contributed by atoms with van der Waals surface area (Å²) < 4.78 is 24.3. The normalized spacial score (nSPS) is 19.8. The number of pyridine rings is 1. The van der Waals surface area contributed by atoms with Crippen molar-refractivity contribution < 1.29 is 33.3 Å². The Morgan fingerprint density at radius 2 is 1.76 bits per heavy atom. The summed E-state index contributed by atoms with van der Waals surface area (Å²) in [6.07, 6.45) is 6.58. The molecule has 0 saturated carbocycles. The number of allylic oxidation sites excluding steroid dienone is 1. The first kappa shape index (κ1) is 29.1. The number of carbonyl (C=O) groups is 3. The van der Waals surface area contributed by atoms with Crippen LogP contribution in [0.5, 0.6) is 17.2 Å². The first-order valence-corrected chi connectivity index (χ1v) is 14.2. The number of carbonyl (C=O) groups excluding carboxylic acids is 3. The average Bonchev–Trinajstić information content (AvgIpc) is 2.96. The third-order valence-corrected chi connectivity index (χ3v) is 8.00. The van der Waals surface area contributed by atoms with Crippen molar-refractivity contribution in [1.29, 1.82) is 0 Å². The first-order valence-electron chi connectivity index (χ1n) is 14.2. The molecule has 2 aromatic carbocycles. The molecule has 2 unspecified atom stereocenters. The summed E-state index contributed by atoms with van der Waals surface area (Å²) in [6, 6.07) is 8.86. The maximum atomic E-state index is 13.7. The lowest BCUT2D eigenvalue weighted by molar-refractivity contribution is -0.135. The Labute approximate surface area is 244 Å². The van der Waals surface area contributed by atoms with Gasteiger partial charge in [-0.25, -0.2) is 4.79 Å². The van der Waals surface area contributed by atoms with Gasteiger partial charge >= 0.3 is 11.9 Å². The van der Waals surface area contributed by atoms with E-state index < -0.39 is 24.0 Å². The summed E-state index contributed by atoms with van der Waals surface area (Å²) in [4.78, 5) is 52.5. The van der Waals surface area contributed by atoms with Gasteiger partial charge < -0.3 is 23.5 Å². The van der Waals surface area contributed by atoms with E-state index in [1.807, 2.05) is 18.2 Å². The Bertz CT molecular complexity index is 1650. The fourth-order valence-corrected chi connectivity index (χ4v) is 5.82. The van der Waals surface area contributed by atoms with E-state index in [9.17, 15) is 19.2 Å². The Morgan fingerprint density at radius 1 is 0.976 bits per heavy atom. The summed E-state index contributed by atoms with van der Waals surface area (Å²) in [7, 11) is 4.69. The lowest BCUT2D eigenvalue weighted by Gasteiger charge is -2.29. The molecule has 0 aliphatic carbocycles. The third-order valence-electron chi connectivity index (χ3n) is 8.00. The third kappa shape index (κ3) is 5.68. The topological polar surface area (TPSA) is 110 Å². The van der Waals surface area contributed by atoms with Crippen LogP contribution in [0.3, 0.4) is 0 Å². The predicted octanol–water partition coefficient (Wildman–Crippen LogP) is 5.48. The number of cyclic esters (lactones) is 1. The summed E-state index contributed by atoms with van der Waals surface area (Å²) >= 11 is 0. The van der Waals surface area contributed by atoms with Gasteiger partial charge in [-0.3, -0.25) is 14.4 Å². The molecule has 220 valence electrons. The smallest absolute Gasteiger partial charge is 0.342 e. The number of hydrogen-bond donors (Lipinski definition) is 0. The number of ether oxygens (including phenoxy) is 4. The van der Waals surface area contributed by atoms with Crippen LogP contribution in [0.2, 0.25) is 0 Å². The van der Waals surface area contributed by atoms with Crippen LogP contribution in [0.15, 0.2) is 41.2 Å². The van der Waals surface area contributed by atoms with Crippen LogP contribution in [-0.2, 0) is 21.4 Å². The second kappa shape index (κ2) is 12.2. The van der Waals surface area contributed by atoms with Gasteiger partial charge in [0.2, 0.25) is 0 Å². The van der Waals surface area contributed by atoms with Gasteiger partial charge in [0.1, 0.15) is 28.6 Å². The van der Waals surface area contributed by atoms with Crippen LogP contribution in [0.4, 0.5) is 0 Å². The second-order valence-electron chi connectivity index (χ2n) is 10.8. The molecule has 0 saturated heterocycles. The van der Waals surface area contributed by atoms with Crippen molar-refractivity contribution in [2.75, 3.05) is 14.2 Å². The molecule has 0 radical (unpaired) electrons. The number of Topliss-reactive ketones (excluding diaryl/α,β-unsaturated/α-hetero) is 1. The lowest BCUT2D eigenvalue weighted by Crippen LogP contribution is -2.29. The van der Waals surface area contributed by atoms with Gasteiger partial charge in [0.15, 0.2) is 0 Å². The van der Waals surface area contributed by atoms with E-state index in [4.69, 9.17) is 18.9 Å². The van der Waals surface area contributed by atoms with E-state index in [-0.39, 0.29) is 34.8 Å². The minimum atomic E-state index is -0.722. The maximum Gasteiger partial charge on any atom is 0.342 e.